The molecule has 0 spiro atoms. The van der Waals surface area contributed by atoms with Crippen molar-refractivity contribution in [1.82, 2.24) is 10.3 Å². The van der Waals surface area contributed by atoms with E-state index in [4.69, 9.17) is 5.73 Å². The zero-order valence-electron chi connectivity index (χ0n) is 11.0. The van der Waals surface area contributed by atoms with Crippen LogP contribution in [-0.4, -0.2) is 23.0 Å². The van der Waals surface area contributed by atoms with Gasteiger partial charge in [0.05, 0.1) is 6.20 Å². The Balaban J connectivity index is 2.07. The first-order valence-corrected chi connectivity index (χ1v) is 6.86. The van der Waals surface area contributed by atoms with Crippen LogP contribution in [0.15, 0.2) is 36.5 Å². The molecule has 0 atom stereocenters. The summed E-state index contributed by atoms with van der Waals surface area (Å²) in [5.74, 6) is -0.127. The van der Waals surface area contributed by atoms with Crippen molar-refractivity contribution in [2.45, 2.75) is 19.4 Å². The fourth-order valence-corrected chi connectivity index (χ4v) is 2.33. The fourth-order valence-electron chi connectivity index (χ4n) is 1.49. The maximum absolute atomic E-state index is 11.9. The van der Waals surface area contributed by atoms with E-state index in [1.165, 1.54) is 11.3 Å². The summed E-state index contributed by atoms with van der Waals surface area (Å²) in [6.45, 7) is 4.18. The second-order valence-electron chi connectivity index (χ2n) is 5.07. The SMILES string of the molecule is CC(C)(N)CNC(=O)c1cnc(-c2ccccc2)s1. The van der Waals surface area contributed by atoms with Crippen molar-refractivity contribution < 1.29 is 4.79 Å². The molecule has 4 nitrogen and oxygen atoms in total. The summed E-state index contributed by atoms with van der Waals surface area (Å²) >= 11 is 1.38. The van der Waals surface area contributed by atoms with Crippen molar-refractivity contribution in [2.75, 3.05) is 6.54 Å². The van der Waals surface area contributed by atoms with Crippen LogP contribution in [0.5, 0.6) is 0 Å². The second-order valence-corrected chi connectivity index (χ2v) is 6.10. The molecule has 0 aliphatic rings. The Morgan fingerprint density at radius 1 is 1.37 bits per heavy atom. The molecular weight excluding hydrogens is 258 g/mol. The Hall–Kier alpha value is -1.72. The molecule has 19 heavy (non-hydrogen) atoms. The van der Waals surface area contributed by atoms with E-state index in [1.54, 1.807) is 6.20 Å². The standard InChI is InChI=1S/C14H17N3OS/c1-14(2,15)9-17-12(18)11-8-16-13(19-11)10-6-4-3-5-7-10/h3-8H,9,15H2,1-2H3,(H,17,18). The van der Waals surface area contributed by atoms with Gasteiger partial charge in [0.25, 0.3) is 5.91 Å². The zero-order valence-corrected chi connectivity index (χ0v) is 11.8. The molecule has 0 saturated heterocycles. The van der Waals surface area contributed by atoms with Crippen LogP contribution in [0.4, 0.5) is 0 Å². The van der Waals surface area contributed by atoms with Crippen molar-refractivity contribution in [3.63, 3.8) is 0 Å². The molecule has 0 fully saturated rings. The number of thiazole rings is 1. The predicted molar refractivity (Wildman–Crippen MR) is 78.1 cm³/mol. The summed E-state index contributed by atoms with van der Waals surface area (Å²) in [5.41, 5.74) is 6.44. The van der Waals surface area contributed by atoms with Crippen LogP contribution in [0.3, 0.4) is 0 Å². The molecule has 0 aliphatic carbocycles. The number of carbonyl (C=O) groups is 1. The van der Waals surface area contributed by atoms with Gasteiger partial charge >= 0.3 is 0 Å². The highest BCUT2D eigenvalue weighted by atomic mass is 32.1. The highest BCUT2D eigenvalue weighted by molar-refractivity contribution is 7.16. The second kappa shape index (κ2) is 5.50. The molecule has 0 saturated carbocycles. The molecule has 0 radical (unpaired) electrons. The molecule has 1 aromatic heterocycles. The van der Waals surface area contributed by atoms with E-state index in [2.05, 4.69) is 10.3 Å². The van der Waals surface area contributed by atoms with Crippen LogP contribution in [0.2, 0.25) is 0 Å². The number of nitrogens with one attached hydrogen (secondary N) is 1. The van der Waals surface area contributed by atoms with Gasteiger partial charge in [-0.25, -0.2) is 4.98 Å². The number of rotatable bonds is 4. The predicted octanol–water partition coefficient (Wildman–Crippen LogP) is 2.28. The van der Waals surface area contributed by atoms with Gasteiger partial charge in [-0.3, -0.25) is 4.79 Å². The lowest BCUT2D eigenvalue weighted by Crippen LogP contribution is -2.44. The van der Waals surface area contributed by atoms with E-state index in [0.717, 1.165) is 10.6 Å². The van der Waals surface area contributed by atoms with Gasteiger partial charge in [-0.2, -0.15) is 0 Å². The first-order chi connectivity index (χ1) is 8.96. The summed E-state index contributed by atoms with van der Waals surface area (Å²) < 4.78 is 0. The van der Waals surface area contributed by atoms with E-state index in [-0.39, 0.29) is 5.91 Å². The first kappa shape index (κ1) is 13.7. The number of nitrogens with zero attached hydrogens (tertiary/aromatic N) is 1. The number of benzene rings is 1. The lowest BCUT2D eigenvalue weighted by atomic mass is 10.1. The van der Waals surface area contributed by atoms with Crippen LogP contribution in [0.1, 0.15) is 23.5 Å². The van der Waals surface area contributed by atoms with E-state index < -0.39 is 5.54 Å². The molecule has 1 aromatic carbocycles. The Labute approximate surface area is 116 Å². The normalized spacial score (nSPS) is 11.3. The van der Waals surface area contributed by atoms with Crippen LogP contribution >= 0.6 is 11.3 Å². The van der Waals surface area contributed by atoms with Gasteiger partial charge in [0.2, 0.25) is 0 Å². The molecule has 2 rings (SSSR count). The average molecular weight is 275 g/mol. The molecular formula is C14H17N3OS. The molecule has 3 N–H and O–H groups in total. The topological polar surface area (TPSA) is 68.0 Å². The van der Waals surface area contributed by atoms with Crippen LogP contribution in [0.25, 0.3) is 10.6 Å². The Bertz CT molecular complexity index is 558. The van der Waals surface area contributed by atoms with Gasteiger partial charge in [-0.15, -0.1) is 11.3 Å². The molecule has 1 amide bonds. The number of hydrogen-bond donors (Lipinski definition) is 2. The smallest absolute Gasteiger partial charge is 0.263 e. The van der Waals surface area contributed by atoms with E-state index in [9.17, 15) is 4.79 Å². The molecule has 2 aromatic rings. The zero-order chi connectivity index (χ0) is 13.9. The van der Waals surface area contributed by atoms with Crippen LogP contribution in [-0.2, 0) is 0 Å². The third kappa shape index (κ3) is 3.87. The third-order valence-corrected chi connectivity index (χ3v) is 3.50. The van der Waals surface area contributed by atoms with Crippen molar-refractivity contribution >= 4 is 17.2 Å². The van der Waals surface area contributed by atoms with Gasteiger partial charge in [-0.05, 0) is 13.8 Å². The maximum Gasteiger partial charge on any atom is 0.263 e. The monoisotopic (exact) mass is 275 g/mol. The molecule has 0 aliphatic heterocycles. The fraction of sp³-hybridized carbons (Fsp3) is 0.286. The largest absolute Gasteiger partial charge is 0.349 e. The number of aromatic nitrogens is 1. The first-order valence-electron chi connectivity index (χ1n) is 6.04. The van der Waals surface area contributed by atoms with Crippen molar-refractivity contribution in [3.05, 3.63) is 41.4 Å². The quantitative estimate of drug-likeness (QED) is 0.899. The molecule has 0 unspecified atom stereocenters. The van der Waals surface area contributed by atoms with Crippen molar-refractivity contribution in [1.29, 1.82) is 0 Å². The highest BCUT2D eigenvalue weighted by Crippen LogP contribution is 2.24. The maximum atomic E-state index is 11.9. The summed E-state index contributed by atoms with van der Waals surface area (Å²) in [6, 6.07) is 9.81. The molecule has 1 heterocycles. The van der Waals surface area contributed by atoms with E-state index >= 15 is 0 Å². The third-order valence-electron chi connectivity index (χ3n) is 2.45. The van der Waals surface area contributed by atoms with E-state index in [1.807, 2.05) is 44.2 Å². The summed E-state index contributed by atoms with van der Waals surface area (Å²) in [5, 5.41) is 3.66. The number of hydrogen-bond acceptors (Lipinski definition) is 4. The Morgan fingerprint density at radius 3 is 2.68 bits per heavy atom. The molecule has 5 heteroatoms. The van der Waals surface area contributed by atoms with Gasteiger partial charge < -0.3 is 11.1 Å². The van der Waals surface area contributed by atoms with Gasteiger partial charge in [0, 0.05) is 17.6 Å². The summed E-state index contributed by atoms with van der Waals surface area (Å²) in [7, 11) is 0. The van der Waals surface area contributed by atoms with Gasteiger partial charge in [-0.1, -0.05) is 30.3 Å². The van der Waals surface area contributed by atoms with Gasteiger partial charge in [0.1, 0.15) is 9.88 Å². The lowest BCUT2D eigenvalue weighted by molar-refractivity contribution is 0.0950. The Morgan fingerprint density at radius 2 is 2.05 bits per heavy atom. The van der Waals surface area contributed by atoms with Crippen molar-refractivity contribution in [2.24, 2.45) is 5.73 Å². The summed E-state index contributed by atoms with van der Waals surface area (Å²) in [4.78, 5) is 16.8. The number of amides is 1. The lowest BCUT2D eigenvalue weighted by Gasteiger charge is -2.18. The number of nitrogens with two attached hydrogens (primary N) is 1. The summed E-state index contributed by atoms with van der Waals surface area (Å²) in [6.07, 6.45) is 1.60. The Kier molecular flexibility index (Phi) is 3.97. The van der Waals surface area contributed by atoms with Crippen molar-refractivity contribution in [3.8, 4) is 10.6 Å². The minimum Gasteiger partial charge on any atom is -0.349 e. The minimum absolute atomic E-state index is 0.127. The highest BCUT2D eigenvalue weighted by Gasteiger charge is 2.15. The number of carbonyl (C=O) groups excluding carboxylic acids is 1. The molecule has 0 bridgehead atoms. The molecule has 100 valence electrons. The van der Waals surface area contributed by atoms with Gasteiger partial charge in [0.15, 0.2) is 0 Å². The van der Waals surface area contributed by atoms with Crippen LogP contribution < -0.4 is 11.1 Å². The van der Waals surface area contributed by atoms with Crippen LogP contribution in [0, 0.1) is 0 Å². The minimum atomic E-state index is -0.414. The average Bonchev–Trinajstić information content (AvgIpc) is 2.86. The van der Waals surface area contributed by atoms with E-state index in [0.29, 0.717) is 11.4 Å².